The number of hydrogen-bond donors (Lipinski definition) is 1. The predicted molar refractivity (Wildman–Crippen MR) is 58.2 cm³/mol. The van der Waals surface area contributed by atoms with Crippen LogP contribution in [0.15, 0.2) is 0 Å². The maximum absolute atomic E-state index is 9.31. The Kier molecular flexibility index (Phi) is 3.45. The molecule has 1 saturated carbocycles. The first-order chi connectivity index (χ1) is 6.81. The van der Waals surface area contributed by atoms with Gasteiger partial charge in [0.05, 0.1) is 0 Å². The third kappa shape index (κ3) is 2.12. The Hall–Kier alpha value is -0.0800. The molecule has 0 amide bonds. The van der Waals surface area contributed by atoms with Gasteiger partial charge in [-0.2, -0.15) is 0 Å². The van der Waals surface area contributed by atoms with Gasteiger partial charge in [-0.15, -0.1) is 0 Å². The van der Waals surface area contributed by atoms with Gasteiger partial charge in [0.25, 0.3) is 0 Å². The summed E-state index contributed by atoms with van der Waals surface area (Å²) in [4.78, 5) is 2.58. The highest BCUT2D eigenvalue weighted by Crippen LogP contribution is 2.32. The molecule has 3 atom stereocenters. The lowest BCUT2D eigenvalue weighted by atomic mass is 9.78. The van der Waals surface area contributed by atoms with Crippen LogP contribution in [0.25, 0.3) is 0 Å². The minimum absolute atomic E-state index is 0.410. The molecule has 0 aromatic heterocycles. The molecule has 3 unspecified atom stereocenters. The van der Waals surface area contributed by atoms with E-state index in [9.17, 15) is 5.11 Å². The standard InChI is InChI=1S/C12H23NO/c1-10-6-7-13(10)8-11-4-2-3-5-12(11)9-14/h10-12,14H,2-9H2,1H3. The molecule has 2 fully saturated rings. The minimum Gasteiger partial charge on any atom is -0.396 e. The van der Waals surface area contributed by atoms with Gasteiger partial charge < -0.3 is 10.0 Å². The zero-order chi connectivity index (χ0) is 9.97. The van der Waals surface area contributed by atoms with Gasteiger partial charge in [-0.3, -0.25) is 0 Å². The highest BCUT2D eigenvalue weighted by atomic mass is 16.3. The van der Waals surface area contributed by atoms with Crippen molar-refractivity contribution in [3.63, 3.8) is 0 Å². The Morgan fingerprint density at radius 2 is 1.86 bits per heavy atom. The first-order valence-electron chi connectivity index (χ1n) is 6.16. The normalized spacial score (nSPS) is 39.4. The summed E-state index contributed by atoms with van der Waals surface area (Å²) >= 11 is 0. The average Bonchev–Trinajstić information content (AvgIpc) is 2.24. The molecule has 0 aromatic rings. The third-order valence-corrected chi connectivity index (χ3v) is 4.23. The minimum atomic E-state index is 0.410. The zero-order valence-electron chi connectivity index (χ0n) is 9.28. The molecule has 82 valence electrons. The predicted octanol–water partition coefficient (Wildman–Crippen LogP) is 1.88. The van der Waals surface area contributed by atoms with Crippen LogP contribution in [0.1, 0.15) is 39.0 Å². The lowest BCUT2D eigenvalue weighted by molar-refractivity contribution is 0.0409. The van der Waals surface area contributed by atoms with Crippen molar-refractivity contribution in [3.05, 3.63) is 0 Å². The van der Waals surface area contributed by atoms with Gasteiger partial charge in [0, 0.05) is 19.2 Å². The molecule has 14 heavy (non-hydrogen) atoms. The molecule has 1 heterocycles. The summed E-state index contributed by atoms with van der Waals surface area (Å²) in [6, 6.07) is 0.802. The van der Waals surface area contributed by atoms with Crippen LogP contribution < -0.4 is 0 Å². The van der Waals surface area contributed by atoms with E-state index >= 15 is 0 Å². The van der Waals surface area contributed by atoms with E-state index in [1.807, 2.05) is 0 Å². The molecule has 2 heteroatoms. The van der Waals surface area contributed by atoms with Gasteiger partial charge >= 0.3 is 0 Å². The van der Waals surface area contributed by atoms with E-state index in [0.29, 0.717) is 12.5 Å². The molecular weight excluding hydrogens is 174 g/mol. The smallest absolute Gasteiger partial charge is 0.0462 e. The van der Waals surface area contributed by atoms with Crippen molar-refractivity contribution in [2.24, 2.45) is 11.8 Å². The summed E-state index contributed by atoms with van der Waals surface area (Å²) in [5.41, 5.74) is 0. The number of hydrogen-bond acceptors (Lipinski definition) is 2. The summed E-state index contributed by atoms with van der Waals surface area (Å²) in [5, 5.41) is 9.31. The molecule has 0 spiro atoms. The van der Waals surface area contributed by atoms with Crippen LogP contribution in [0.3, 0.4) is 0 Å². The lowest BCUT2D eigenvalue weighted by Crippen LogP contribution is -2.49. The van der Waals surface area contributed by atoms with Crippen LogP contribution in [0.5, 0.6) is 0 Å². The summed E-state index contributed by atoms with van der Waals surface area (Å²) in [6.07, 6.45) is 6.68. The molecule has 1 aliphatic carbocycles. The van der Waals surface area contributed by atoms with Gasteiger partial charge in [-0.25, -0.2) is 0 Å². The molecule has 2 nitrogen and oxygen atoms in total. The van der Waals surface area contributed by atoms with Crippen LogP contribution >= 0.6 is 0 Å². The molecule has 0 radical (unpaired) electrons. The lowest BCUT2D eigenvalue weighted by Gasteiger charge is -2.43. The highest BCUT2D eigenvalue weighted by Gasteiger charge is 2.30. The van der Waals surface area contributed by atoms with E-state index in [-0.39, 0.29) is 0 Å². The maximum Gasteiger partial charge on any atom is 0.0462 e. The summed E-state index contributed by atoms with van der Waals surface area (Å²) in [7, 11) is 0. The van der Waals surface area contributed by atoms with Crippen molar-refractivity contribution in [1.82, 2.24) is 4.90 Å². The Balaban J connectivity index is 1.81. The second-order valence-electron chi connectivity index (χ2n) is 5.12. The second-order valence-corrected chi connectivity index (χ2v) is 5.12. The van der Waals surface area contributed by atoms with Crippen LogP contribution in [0, 0.1) is 11.8 Å². The van der Waals surface area contributed by atoms with Crippen LogP contribution in [0.2, 0.25) is 0 Å². The van der Waals surface area contributed by atoms with E-state index in [0.717, 1.165) is 12.0 Å². The van der Waals surface area contributed by atoms with Crippen LogP contribution in [-0.4, -0.2) is 35.7 Å². The first-order valence-corrected chi connectivity index (χ1v) is 6.16. The fraction of sp³-hybridized carbons (Fsp3) is 1.00. The Morgan fingerprint density at radius 3 is 2.36 bits per heavy atom. The Labute approximate surface area is 87.3 Å². The van der Waals surface area contributed by atoms with E-state index in [1.165, 1.54) is 45.2 Å². The fourth-order valence-electron chi connectivity index (χ4n) is 2.91. The molecule has 1 aliphatic heterocycles. The monoisotopic (exact) mass is 197 g/mol. The highest BCUT2D eigenvalue weighted by molar-refractivity contribution is 4.84. The topological polar surface area (TPSA) is 23.5 Å². The van der Waals surface area contributed by atoms with Gasteiger partial charge in [0.1, 0.15) is 0 Å². The average molecular weight is 197 g/mol. The zero-order valence-corrected chi connectivity index (χ0v) is 9.28. The first kappa shape index (κ1) is 10.4. The van der Waals surface area contributed by atoms with Crippen molar-refractivity contribution in [1.29, 1.82) is 0 Å². The quantitative estimate of drug-likeness (QED) is 0.746. The van der Waals surface area contributed by atoms with Gasteiger partial charge in [-0.05, 0) is 44.6 Å². The Morgan fingerprint density at radius 1 is 1.14 bits per heavy atom. The van der Waals surface area contributed by atoms with E-state index in [1.54, 1.807) is 0 Å². The van der Waals surface area contributed by atoms with Gasteiger partial charge in [0.2, 0.25) is 0 Å². The van der Waals surface area contributed by atoms with Crippen molar-refractivity contribution >= 4 is 0 Å². The van der Waals surface area contributed by atoms with E-state index in [4.69, 9.17) is 0 Å². The number of nitrogens with zero attached hydrogens (tertiary/aromatic N) is 1. The van der Waals surface area contributed by atoms with Crippen molar-refractivity contribution in [2.75, 3.05) is 19.7 Å². The van der Waals surface area contributed by atoms with Crippen molar-refractivity contribution in [2.45, 2.75) is 45.1 Å². The van der Waals surface area contributed by atoms with Crippen molar-refractivity contribution < 1.29 is 5.11 Å². The number of aliphatic hydroxyl groups excluding tert-OH is 1. The Bertz CT molecular complexity index is 183. The third-order valence-electron chi connectivity index (χ3n) is 4.23. The summed E-state index contributed by atoms with van der Waals surface area (Å²) < 4.78 is 0. The second kappa shape index (κ2) is 4.63. The molecule has 2 aliphatic rings. The number of aliphatic hydroxyl groups is 1. The van der Waals surface area contributed by atoms with Gasteiger partial charge in [-0.1, -0.05) is 12.8 Å². The molecule has 1 N–H and O–H groups in total. The summed E-state index contributed by atoms with van der Waals surface area (Å²) in [6.45, 7) is 5.26. The molecule has 1 saturated heterocycles. The van der Waals surface area contributed by atoms with Crippen LogP contribution in [0.4, 0.5) is 0 Å². The molecule has 0 aromatic carbocycles. The number of rotatable bonds is 3. The van der Waals surface area contributed by atoms with Crippen molar-refractivity contribution in [3.8, 4) is 0 Å². The van der Waals surface area contributed by atoms with E-state index in [2.05, 4.69) is 11.8 Å². The SMILES string of the molecule is CC1CCN1CC1CCCCC1CO. The maximum atomic E-state index is 9.31. The van der Waals surface area contributed by atoms with Gasteiger partial charge in [0.15, 0.2) is 0 Å². The number of likely N-dealkylation sites (tertiary alicyclic amines) is 1. The molecular formula is C12H23NO. The molecule has 0 bridgehead atoms. The van der Waals surface area contributed by atoms with E-state index < -0.39 is 0 Å². The molecule has 2 rings (SSSR count). The van der Waals surface area contributed by atoms with Crippen LogP contribution in [-0.2, 0) is 0 Å². The fourth-order valence-corrected chi connectivity index (χ4v) is 2.91. The summed E-state index contributed by atoms with van der Waals surface area (Å²) in [5.74, 6) is 1.37. The largest absolute Gasteiger partial charge is 0.396 e.